The van der Waals surface area contributed by atoms with Crippen LogP contribution in [0.2, 0.25) is 0 Å². The minimum atomic E-state index is -0.852. The maximum absolute atomic E-state index is 10.9. The third-order valence-electron chi connectivity index (χ3n) is 2.33. The molecule has 0 bridgehead atoms. The lowest BCUT2D eigenvalue weighted by Crippen LogP contribution is -2.35. The van der Waals surface area contributed by atoms with Crippen LogP contribution in [0.4, 0.5) is 0 Å². The number of carbonyl (C=O) groups is 1. The van der Waals surface area contributed by atoms with Gasteiger partial charge in [-0.25, -0.2) is 4.98 Å². The van der Waals surface area contributed by atoms with E-state index in [0.717, 1.165) is 10.0 Å². The molecule has 0 unspecified atom stereocenters. The second-order valence-electron chi connectivity index (χ2n) is 3.50. The SMILES string of the molecule is CC[C@@H](NCc1cc(Br)cnc1OC)C(=O)O. The molecule has 1 aromatic heterocycles. The first-order valence-electron chi connectivity index (χ1n) is 5.23. The Morgan fingerprint density at radius 1 is 1.71 bits per heavy atom. The number of ether oxygens (including phenoxy) is 1. The topological polar surface area (TPSA) is 71.5 Å². The highest BCUT2D eigenvalue weighted by Gasteiger charge is 2.15. The second kappa shape index (κ2) is 6.56. The van der Waals surface area contributed by atoms with Crippen LogP contribution >= 0.6 is 15.9 Å². The van der Waals surface area contributed by atoms with Crippen LogP contribution in [0.25, 0.3) is 0 Å². The summed E-state index contributed by atoms with van der Waals surface area (Å²) in [7, 11) is 1.54. The van der Waals surface area contributed by atoms with Gasteiger partial charge in [0, 0.05) is 22.8 Å². The smallest absolute Gasteiger partial charge is 0.320 e. The van der Waals surface area contributed by atoms with Gasteiger partial charge in [-0.1, -0.05) is 6.92 Å². The van der Waals surface area contributed by atoms with Crippen molar-refractivity contribution in [2.24, 2.45) is 0 Å². The zero-order chi connectivity index (χ0) is 12.8. The van der Waals surface area contributed by atoms with Crippen LogP contribution in [0.15, 0.2) is 16.7 Å². The van der Waals surface area contributed by atoms with Gasteiger partial charge in [-0.05, 0) is 28.4 Å². The summed E-state index contributed by atoms with van der Waals surface area (Å²) in [5.41, 5.74) is 0.821. The molecule has 1 aromatic rings. The van der Waals surface area contributed by atoms with Gasteiger partial charge < -0.3 is 15.2 Å². The Labute approximate surface area is 108 Å². The Hall–Kier alpha value is -1.14. The lowest BCUT2D eigenvalue weighted by atomic mass is 10.2. The molecule has 0 aromatic carbocycles. The number of carboxylic acids is 1. The molecule has 0 radical (unpaired) electrons. The Morgan fingerprint density at radius 2 is 2.41 bits per heavy atom. The largest absolute Gasteiger partial charge is 0.481 e. The third kappa shape index (κ3) is 3.98. The van der Waals surface area contributed by atoms with E-state index in [4.69, 9.17) is 9.84 Å². The molecule has 1 rings (SSSR count). The van der Waals surface area contributed by atoms with Gasteiger partial charge in [-0.15, -0.1) is 0 Å². The van der Waals surface area contributed by atoms with Crippen LogP contribution in [0.5, 0.6) is 5.88 Å². The van der Waals surface area contributed by atoms with Crippen molar-refractivity contribution in [3.05, 3.63) is 22.3 Å². The van der Waals surface area contributed by atoms with Crippen LogP contribution in [-0.2, 0) is 11.3 Å². The molecule has 94 valence electrons. The first-order valence-corrected chi connectivity index (χ1v) is 6.02. The average molecular weight is 303 g/mol. The molecule has 0 aliphatic heterocycles. The normalized spacial score (nSPS) is 12.2. The van der Waals surface area contributed by atoms with Crippen molar-refractivity contribution in [1.82, 2.24) is 10.3 Å². The molecule has 1 atom stereocenters. The number of aromatic nitrogens is 1. The van der Waals surface area contributed by atoms with Crippen LogP contribution in [0.3, 0.4) is 0 Å². The number of halogens is 1. The highest BCUT2D eigenvalue weighted by atomic mass is 79.9. The highest BCUT2D eigenvalue weighted by molar-refractivity contribution is 9.10. The van der Waals surface area contributed by atoms with Crippen molar-refractivity contribution in [3.63, 3.8) is 0 Å². The first kappa shape index (κ1) is 13.9. The highest BCUT2D eigenvalue weighted by Crippen LogP contribution is 2.19. The van der Waals surface area contributed by atoms with Gasteiger partial charge in [-0.3, -0.25) is 4.79 Å². The predicted molar refractivity (Wildman–Crippen MR) is 67.0 cm³/mol. The average Bonchev–Trinajstić information content (AvgIpc) is 2.29. The fourth-order valence-electron chi connectivity index (χ4n) is 1.42. The molecule has 0 fully saturated rings. The maximum Gasteiger partial charge on any atom is 0.320 e. The van der Waals surface area contributed by atoms with Gasteiger partial charge in [0.15, 0.2) is 0 Å². The van der Waals surface area contributed by atoms with Gasteiger partial charge in [0.05, 0.1) is 7.11 Å². The number of nitrogens with zero attached hydrogens (tertiary/aromatic N) is 1. The molecule has 0 saturated heterocycles. The standard InChI is InChI=1S/C11H15BrN2O3/c1-3-9(11(15)16)13-5-7-4-8(12)6-14-10(7)17-2/h4,6,9,13H,3,5H2,1-2H3,(H,15,16)/t9-/m1/s1. The van der Waals surface area contributed by atoms with Crippen molar-refractivity contribution in [1.29, 1.82) is 0 Å². The number of aliphatic carboxylic acids is 1. The van der Waals surface area contributed by atoms with E-state index in [1.807, 2.05) is 13.0 Å². The van der Waals surface area contributed by atoms with Crippen LogP contribution in [0, 0.1) is 0 Å². The zero-order valence-corrected chi connectivity index (χ0v) is 11.3. The summed E-state index contributed by atoms with van der Waals surface area (Å²) in [5, 5.41) is 11.9. The van der Waals surface area contributed by atoms with Crippen LogP contribution in [-0.4, -0.2) is 29.2 Å². The molecule has 0 saturated carbocycles. The minimum absolute atomic E-state index is 0.403. The van der Waals surface area contributed by atoms with E-state index in [1.54, 1.807) is 6.20 Å². The van der Waals surface area contributed by atoms with Crippen molar-refractivity contribution >= 4 is 21.9 Å². The van der Waals surface area contributed by atoms with Gasteiger partial charge in [0.1, 0.15) is 6.04 Å². The predicted octanol–water partition coefficient (Wildman–Crippen LogP) is 1.81. The number of carboxylic acid groups (broad SMARTS) is 1. The molecule has 0 spiro atoms. The van der Waals surface area contributed by atoms with Crippen LogP contribution < -0.4 is 10.1 Å². The van der Waals surface area contributed by atoms with Crippen molar-refractivity contribution in [2.45, 2.75) is 25.9 Å². The third-order valence-corrected chi connectivity index (χ3v) is 2.76. The van der Waals surface area contributed by atoms with Crippen molar-refractivity contribution < 1.29 is 14.6 Å². The summed E-state index contributed by atoms with van der Waals surface area (Å²) in [6.45, 7) is 2.22. The van der Waals surface area contributed by atoms with Crippen molar-refractivity contribution in [2.75, 3.05) is 7.11 Å². The number of pyridine rings is 1. The van der Waals surface area contributed by atoms with E-state index < -0.39 is 12.0 Å². The molecular formula is C11H15BrN2O3. The molecule has 1 heterocycles. The van der Waals surface area contributed by atoms with E-state index in [9.17, 15) is 4.79 Å². The van der Waals surface area contributed by atoms with Gasteiger partial charge in [0.25, 0.3) is 0 Å². The first-order chi connectivity index (χ1) is 8.08. The summed E-state index contributed by atoms with van der Waals surface area (Å²) in [4.78, 5) is 14.9. The summed E-state index contributed by atoms with van der Waals surface area (Å²) < 4.78 is 5.94. The fraction of sp³-hybridized carbons (Fsp3) is 0.455. The number of nitrogens with one attached hydrogen (secondary N) is 1. The molecule has 6 heteroatoms. The molecule has 17 heavy (non-hydrogen) atoms. The quantitative estimate of drug-likeness (QED) is 0.838. The summed E-state index contributed by atoms with van der Waals surface area (Å²) in [5.74, 6) is -0.352. The number of hydrogen-bond donors (Lipinski definition) is 2. The Morgan fingerprint density at radius 3 is 2.94 bits per heavy atom. The number of rotatable bonds is 6. The lowest BCUT2D eigenvalue weighted by molar-refractivity contribution is -0.139. The molecule has 0 amide bonds. The number of hydrogen-bond acceptors (Lipinski definition) is 4. The lowest BCUT2D eigenvalue weighted by Gasteiger charge is -2.13. The monoisotopic (exact) mass is 302 g/mol. The maximum atomic E-state index is 10.9. The summed E-state index contributed by atoms with van der Waals surface area (Å²) in [6.07, 6.45) is 2.16. The van der Waals surface area contributed by atoms with Crippen LogP contribution in [0.1, 0.15) is 18.9 Å². The minimum Gasteiger partial charge on any atom is -0.481 e. The van der Waals surface area contributed by atoms with E-state index in [-0.39, 0.29) is 0 Å². The van der Waals surface area contributed by atoms with Crippen molar-refractivity contribution in [3.8, 4) is 5.88 Å². The van der Waals surface area contributed by atoms with E-state index >= 15 is 0 Å². The second-order valence-corrected chi connectivity index (χ2v) is 4.42. The van der Waals surface area contributed by atoms with Gasteiger partial charge in [0.2, 0.25) is 5.88 Å². The molecule has 2 N–H and O–H groups in total. The summed E-state index contributed by atoms with van der Waals surface area (Å²) in [6, 6.07) is 1.30. The Bertz CT molecular complexity index is 398. The summed E-state index contributed by atoms with van der Waals surface area (Å²) >= 11 is 3.32. The molecule has 0 aliphatic rings. The zero-order valence-electron chi connectivity index (χ0n) is 9.74. The van der Waals surface area contributed by atoms with E-state index in [0.29, 0.717) is 18.8 Å². The molecular weight excluding hydrogens is 288 g/mol. The van der Waals surface area contributed by atoms with E-state index in [2.05, 4.69) is 26.2 Å². The molecule has 0 aliphatic carbocycles. The molecule has 5 nitrogen and oxygen atoms in total. The fourth-order valence-corrected chi connectivity index (χ4v) is 1.80. The van der Waals surface area contributed by atoms with E-state index in [1.165, 1.54) is 7.11 Å². The van der Waals surface area contributed by atoms with Gasteiger partial charge >= 0.3 is 5.97 Å². The Balaban J connectivity index is 2.73. The van der Waals surface area contributed by atoms with Gasteiger partial charge in [-0.2, -0.15) is 0 Å². The number of methoxy groups -OCH3 is 1. The Kier molecular flexibility index (Phi) is 5.37.